The quantitative estimate of drug-likeness (QED) is 0.796. The second-order valence-corrected chi connectivity index (χ2v) is 6.83. The summed E-state index contributed by atoms with van der Waals surface area (Å²) in [5.74, 6) is 3.13. The predicted octanol–water partition coefficient (Wildman–Crippen LogP) is 2.65. The zero-order valence-electron chi connectivity index (χ0n) is 15.6. The standard InChI is InChI=1S/C18H25N5O2.2ClH/c1-24-15-8-12-14(9-16(15)25-2)21-18(22-17(12)19)23-7-5-13-11(10-23)4-3-6-20-13;;/h8-9,11,13,20H,3-7,10H2,1-2H3,(H2,19,21,22);2*1H/t11-,13+;;/m1../s1. The van der Waals surface area contributed by atoms with Gasteiger partial charge in [0.25, 0.3) is 0 Å². The minimum absolute atomic E-state index is 0. The third kappa shape index (κ3) is 4.10. The molecular weight excluding hydrogens is 389 g/mol. The SMILES string of the molecule is COc1cc2nc(N3CC[C@@H]4NCCC[C@@H]4C3)nc(N)c2cc1OC.Cl.Cl. The van der Waals surface area contributed by atoms with Crippen LogP contribution < -0.4 is 25.4 Å². The Kier molecular flexibility index (Phi) is 7.19. The molecule has 3 heterocycles. The summed E-state index contributed by atoms with van der Waals surface area (Å²) in [4.78, 5) is 11.6. The molecule has 1 aromatic carbocycles. The zero-order valence-corrected chi connectivity index (χ0v) is 17.2. The Labute approximate surface area is 171 Å². The van der Waals surface area contributed by atoms with E-state index in [-0.39, 0.29) is 24.8 Å². The molecule has 0 spiro atoms. The van der Waals surface area contributed by atoms with Crippen molar-refractivity contribution in [3.63, 3.8) is 0 Å². The van der Waals surface area contributed by atoms with Crippen LogP contribution in [0.4, 0.5) is 11.8 Å². The number of nitrogens with one attached hydrogen (secondary N) is 1. The van der Waals surface area contributed by atoms with Crippen molar-refractivity contribution in [2.45, 2.75) is 25.3 Å². The molecule has 2 fully saturated rings. The van der Waals surface area contributed by atoms with E-state index in [1.54, 1.807) is 14.2 Å². The molecule has 150 valence electrons. The number of nitrogens with two attached hydrogens (primary N) is 1. The maximum absolute atomic E-state index is 6.22. The Morgan fingerprint density at radius 2 is 1.85 bits per heavy atom. The first-order valence-electron chi connectivity index (χ1n) is 8.87. The van der Waals surface area contributed by atoms with Gasteiger partial charge >= 0.3 is 0 Å². The molecular formula is C18H27Cl2N5O2. The molecule has 0 bridgehead atoms. The fourth-order valence-electron chi connectivity index (χ4n) is 4.03. The Balaban J connectivity index is 0.00000131. The van der Waals surface area contributed by atoms with Crippen LogP contribution in [0.5, 0.6) is 11.5 Å². The van der Waals surface area contributed by atoms with Crippen LogP contribution >= 0.6 is 24.8 Å². The van der Waals surface area contributed by atoms with Gasteiger partial charge in [-0.25, -0.2) is 4.98 Å². The van der Waals surface area contributed by atoms with Crippen LogP contribution in [-0.4, -0.2) is 49.9 Å². The Hall–Kier alpha value is -1.70. The topological polar surface area (TPSA) is 85.5 Å². The van der Waals surface area contributed by atoms with Crippen LogP contribution in [-0.2, 0) is 0 Å². The fourth-order valence-corrected chi connectivity index (χ4v) is 4.03. The third-order valence-electron chi connectivity index (χ3n) is 5.39. The third-order valence-corrected chi connectivity index (χ3v) is 5.39. The number of nitrogen functional groups attached to an aromatic ring is 1. The molecule has 1 aromatic heterocycles. The van der Waals surface area contributed by atoms with Crippen LogP contribution in [0, 0.1) is 5.92 Å². The van der Waals surface area contributed by atoms with Crippen LogP contribution in [0.15, 0.2) is 12.1 Å². The van der Waals surface area contributed by atoms with E-state index in [0.717, 1.165) is 37.0 Å². The van der Waals surface area contributed by atoms with E-state index >= 15 is 0 Å². The number of anilines is 2. The van der Waals surface area contributed by atoms with Crippen molar-refractivity contribution in [3.05, 3.63) is 12.1 Å². The number of nitrogens with zero attached hydrogens (tertiary/aromatic N) is 3. The molecule has 9 heteroatoms. The van der Waals surface area contributed by atoms with E-state index in [9.17, 15) is 0 Å². The molecule has 4 rings (SSSR count). The van der Waals surface area contributed by atoms with Crippen LogP contribution in [0.3, 0.4) is 0 Å². The van der Waals surface area contributed by atoms with E-state index in [1.165, 1.54) is 12.8 Å². The molecule has 0 amide bonds. The van der Waals surface area contributed by atoms with Crippen molar-refractivity contribution in [1.29, 1.82) is 0 Å². The number of ether oxygens (including phenoxy) is 2. The number of rotatable bonds is 3. The predicted molar refractivity (Wildman–Crippen MR) is 113 cm³/mol. The highest BCUT2D eigenvalue weighted by Crippen LogP contribution is 2.35. The lowest BCUT2D eigenvalue weighted by atomic mass is 9.85. The number of methoxy groups -OCH3 is 2. The van der Waals surface area contributed by atoms with Gasteiger partial charge in [0.2, 0.25) is 5.95 Å². The molecule has 2 aliphatic heterocycles. The van der Waals surface area contributed by atoms with Crippen molar-refractivity contribution in [3.8, 4) is 11.5 Å². The molecule has 3 N–H and O–H groups in total. The summed E-state index contributed by atoms with van der Waals surface area (Å²) in [6.45, 7) is 3.07. The molecule has 0 saturated carbocycles. The fraction of sp³-hybridized carbons (Fsp3) is 0.556. The highest BCUT2D eigenvalue weighted by molar-refractivity contribution is 5.91. The van der Waals surface area contributed by atoms with Crippen LogP contribution in [0.25, 0.3) is 10.9 Å². The number of halogens is 2. The van der Waals surface area contributed by atoms with E-state index in [1.807, 2.05) is 12.1 Å². The first kappa shape index (κ1) is 21.6. The van der Waals surface area contributed by atoms with Crippen molar-refractivity contribution in [1.82, 2.24) is 15.3 Å². The summed E-state index contributed by atoms with van der Waals surface area (Å²) in [6.07, 6.45) is 3.63. The van der Waals surface area contributed by atoms with Gasteiger partial charge in [-0.2, -0.15) is 4.98 Å². The Morgan fingerprint density at radius 3 is 2.59 bits per heavy atom. The lowest BCUT2D eigenvalue weighted by Gasteiger charge is -2.41. The molecule has 0 aliphatic carbocycles. The molecule has 0 unspecified atom stereocenters. The molecule has 0 radical (unpaired) electrons. The molecule has 7 nitrogen and oxygen atoms in total. The maximum Gasteiger partial charge on any atom is 0.227 e. The highest BCUT2D eigenvalue weighted by atomic mass is 35.5. The summed E-state index contributed by atoms with van der Waals surface area (Å²) in [5, 5.41) is 4.43. The number of piperidine rings is 2. The maximum atomic E-state index is 6.22. The summed E-state index contributed by atoms with van der Waals surface area (Å²) in [6, 6.07) is 4.34. The Morgan fingerprint density at radius 1 is 1.11 bits per heavy atom. The number of fused-ring (bicyclic) bond motifs is 2. The lowest BCUT2D eigenvalue weighted by Crippen LogP contribution is -2.52. The number of hydrogen-bond acceptors (Lipinski definition) is 7. The first-order valence-corrected chi connectivity index (χ1v) is 8.87. The van der Waals surface area contributed by atoms with Gasteiger partial charge in [-0.05, 0) is 37.8 Å². The van der Waals surface area contributed by atoms with Gasteiger partial charge in [-0.3, -0.25) is 0 Å². The lowest BCUT2D eigenvalue weighted by molar-refractivity contribution is 0.243. The van der Waals surface area contributed by atoms with Crippen LogP contribution in [0.2, 0.25) is 0 Å². The average Bonchev–Trinajstić information content (AvgIpc) is 2.66. The van der Waals surface area contributed by atoms with E-state index in [2.05, 4.69) is 15.2 Å². The van der Waals surface area contributed by atoms with Crippen LogP contribution in [0.1, 0.15) is 19.3 Å². The summed E-state index contributed by atoms with van der Waals surface area (Å²) >= 11 is 0. The molecule has 27 heavy (non-hydrogen) atoms. The number of benzene rings is 1. The van der Waals surface area contributed by atoms with Crippen molar-refractivity contribution >= 4 is 47.5 Å². The average molecular weight is 416 g/mol. The second-order valence-electron chi connectivity index (χ2n) is 6.83. The molecule has 2 aliphatic rings. The van der Waals surface area contributed by atoms with E-state index < -0.39 is 0 Å². The van der Waals surface area contributed by atoms with Gasteiger partial charge in [0.1, 0.15) is 5.82 Å². The molecule has 2 atom stereocenters. The monoisotopic (exact) mass is 415 g/mol. The Bertz CT molecular complexity index is 792. The van der Waals surface area contributed by atoms with Gasteiger partial charge in [-0.1, -0.05) is 0 Å². The van der Waals surface area contributed by atoms with Gasteiger partial charge in [0.15, 0.2) is 11.5 Å². The summed E-state index contributed by atoms with van der Waals surface area (Å²) in [7, 11) is 3.23. The number of hydrogen-bond donors (Lipinski definition) is 2. The summed E-state index contributed by atoms with van der Waals surface area (Å²) < 4.78 is 10.7. The van der Waals surface area contributed by atoms with Gasteiger partial charge in [0.05, 0.1) is 19.7 Å². The minimum atomic E-state index is 0. The second kappa shape index (κ2) is 8.99. The van der Waals surface area contributed by atoms with Gasteiger partial charge in [-0.15, -0.1) is 24.8 Å². The van der Waals surface area contributed by atoms with E-state index in [4.69, 9.17) is 20.2 Å². The summed E-state index contributed by atoms with van der Waals surface area (Å²) in [5.41, 5.74) is 7.01. The van der Waals surface area contributed by atoms with Crippen molar-refractivity contribution < 1.29 is 9.47 Å². The van der Waals surface area contributed by atoms with E-state index in [0.29, 0.717) is 35.2 Å². The zero-order chi connectivity index (χ0) is 17.4. The van der Waals surface area contributed by atoms with Crippen molar-refractivity contribution in [2.75, 3.05) is 44.5 Å². The van der Waals surface area contributed by atoms with Crippen molar-refractivity contribution in [2.24, 2.45) is 5.92 Å². The smallest absolute Gasteiger partial charge is 0.227 e. The number of aromatic nitrogens is 2. The van der Waals surface area contributed by atoms with Gasteiger partial charge in [0, 0.05) is 30.6 Å². The van der Waals surface area contributed by atoms with Gasteiger partial charge < -0.3 is 25.4 Å². The molecule has 2 aromatic rings. The normalized spacial score (nSPS) is 21.6. The minimum Gasteiger partial charge on any atom is -0.493 e. The highest BCUT2D eigenvalue weighted by Gasteiger charge is 2.32. The first-order chi connectivity index (χ1) is 12.2. The molecule has 2 saturated heterocycles. The largest absolute Gasteiger partial charge is 0.493 e.